The van der Waals surface area contributed by atoms with Crippen LogP contribution in [0.4, 0.5) is 0 Å². The van der Waals surface area contributed by atoms with Crippen LogP contribution < -0.4 is 10.1 Å². The van der Waals surface area contributed by atoms with E-state index in [1.807, 2.05) is 24.3 Å². The lowest BCUT2D eigenvalue weighted by molar-refractivity contribution is 0.397. The van der Waals surface area contributed by atoms with E-state index < -0.39 is 0 Å². The molecule has 0 unspecified atom stereocenters. The molecule has 0 saturated heterocycles. The van der Waals surface area contributed by atoms with E-state index in [1.54, 1.807) is 0 Å². The van der Waals surface area contributed by atoms with Crippen molar-refractivity contribution in [3.63, 3.8) is 0 Å². The van der Waals surface area contributed by atoms with Crippen molar-refractivity contribution in [3.8, 4) is 18.1 Å². The Balaban J connectivity index is 2.51. The largest absolute Gasteiger partial charge is 0.482 e. The van der Waals surface area contributed by atoms with E-state index in [-0.39, 0.29) is 0 Å². The van der Waals surface area contributed by atoms with Gasteiger partial charge in [-0.25, -0.2) is 0 Å². The van der Waals surface area contributed by atoms with Gasteiger partial charge in [0, 0.05) is 6.54 Å². The molecule has 0 heterocycles. The van der Waals surface area contributed by atoms with Crippen LogP contribution in [0.3, 0.4) is 0 Å². The summed E-state index contributed by atoms with van der Waals surface area (Å²) < 4.78 is 5.30. The molecule has 0 atom stereocenters. The number of terminal acetylenes is 1. The topological polar surface area (TPSA) is 21.3 Å². The van der Waals surface area contributed by atoms with E-state index in [2.05, 4.69) is 27.2 Å². The van der Waals surface area contributed by atoms with Gasteiger partial charge in [-0.1, -0.05) is 18.1 Å². The van der Waals surface area contributed by atoms with Gasteiger partial charge in [0.1, 0.15) is 11.3 Å². The molecule has 74 valence electrons. The molecule has 0 aliphatic rings. The Bertz CT molecular complexity index is 319. The van der Waals surface area contributed by atoms with Crippen molar-refractivity contribution in [3.05, 3.63) is 29.8 Å². The van der Waals surface area contributed by atoms with Gasteiger partial charge in [-0.15, -0.1) is 6.42 Å². The van der Waals surface area contributed by atoms with Gasteiger partial charge in [-0.3, -0.25) is 0 Å². The van der Waals surface area contributed by atoms with Gasteiger partial charge < -0.3 is 10.1 Å². The Kier molecular flexibility index (Phi) is 5.13. The van der Waals surface area contributed by atoms with Crippen LogP contribution in [-0.4, -0.2) is 12.1 Å². The van der Waals surface area contributed by atoms with Gasteiger partial charge in [-0.05, 0) is 33.6 Å². The van der Waals surface area contributed by atoms with Crippen molar-refractivity contribution in [2.45, 2.75) is 6.54 Å². The third-order valence-electron chi connectivity index (χ3n) is 1.68. The minimum atomic E-state index is 0.508. The van der Waals surface area contributed by atoms with E-state index in [1.165, 1.54) is 5.56 Å². The fourth-order valence-electron chi connectivity index (χ4n) is 1.09. The summed E-state index contributed by atoms with van der Waals surface area (Å²) in [6.45, 7) is 1.35. The van der Waals surface area contributed by atoms with Crippen molar-refractivity contribution in [2.24, 2.45) is 0 Å². The standard InChI is InChI=1S/C11H12BrNO/c1-2-6-13-8-10-4-3-5-11(7-10)14-9-12/h1,3-5,7,13H,6,8-9H2. The van der Waals surface area contributed by atoms with Crippen molar-refractivity contribution >= 4 is 15.9 Å². The number of halogens is 1. The molecule has 3 heteroatoms. The second-order valence-electron chi connectivity index (χ2n) is 2.71. The zero-order valence-corrected chi connectivity index (χ0v) is 9.38. The average Bonchev–Trinajstić information content (AvgIpc) is 2.19. The quantitative estimate of drug-likeness (QED) is 0.494. The summed E-state index contributed by atoms with van der Waals surface area (Å²) in [6.07, 6.45) is 5.13. The van der Waals surface area contributed by atoms with E-state index in [0.29, 0.717) is 12.1 Å². The number of ether oxygens (including phenoxy) is 1. The maximum absolute atomic E-state index is 5.30. The van der Waals surface area contributed by atoms with Crippen LogP contribution in [0.1, 0.15) is 5.56 Å². The van der Waals surface area contributed by atoms with Gasteiger partial charge in [0.25, 0.3) is 0 Å². The molecule has 0 bridgehead atoms. The monoisotopic (exact) mass is 253 g/mol. The Morgan fingerprint density at radius 2 is 2.36 bits per heavy atom. The van der Waals surface area contributed by atoms with Gasteiger partial charge >= 0.3 is 0 Å². The summed E-state index contributed by atoms with van der Waals surface area (Å²) >= 11 is 3.21. The number of hydrogen-bond donors (Lipinski definition) is 1. The lowest BCUT2D eigenvalue weighted by atomic mass is 10.2. The van der Waals surface area contributed by atoms with Crippen LogP contribution in [0.5, 0.6) is 5.75 Å². The Morgan fingerprint density at radius 3 is 3.07 bits per heavy atom. The van der Waals surface area contributed by atoms with Crippen molar-refractivity contribution in [1.82, 2.24) is 5.32 Å². The molecule has 1 aromatic rings. The lowest BCUT2D eigenvalue weighted by Crippen LogP contribution is -2.12. The first-order valence-corrected chi connectivity index (χ1v) is 5.41. The molecule has 0 amide bonds. The highest BCUT2D eigenvalue weighted by Crippen LogP contribution is 2.13. The fraction of sp³-hybridized carbons (Fsp3) is 0.273. The maximum Gasteiger partial charge on any atom is 0.143 e. The molecule has 1 rings (SSSR count). The van der Waals surface area contributed by atoms with Gasteiger partial charge in [0.15, 0.2) is 0 Å². The van der Waals surface area contributed by atoms with Crippen molar-refractivity contribution < 1.29 is 4.74 Å². The normalized spacial score (nSPS) is 9.43. The molecule has 2 nitrogen and oxygen atoms in total. The van der Waals surface area contributed by atoms with Crippen LogP contribution in [-0.2, 0) is 6.54 Å². The molecule has 14 heavy (non-hydrogen) atoms. The maximum atomic E-state index is 5.30. The van der Waals surface area contributed by atoms with Gasteiger partial charge in [0.05, 0.1) is 6.54 Å². The molecule has 0 spiro atoms. The summed E-state index contributed by atoms with van der Waals surface area (Å²) in [5, 5.41) is 3.12. The zero-order valence-electron chi connectivity index (χ0n) is 7.79. The molecule has 0 saturated carbocycles. The molecule has 0 radical (unpaired) electrons. The Morgan fingerprint density at radius 1 is 1.50 bits per heavy atom. The number of hydrogen-bond acceptors (Lipinski definition) is 2. The van der Waals surface area contributed by atoms with Crippen LogP contribution in [0.25, 0.3) is 0 Å². The summed E-state index contributed by atoms with van der Waals surface area (Å²) in [5.74, 6) is 3.39. The minimum Gasteiger partial charge on any atom is -0.482 e. The van der Waals surface area contributed by atoms with Gasteiger partial charge in [-0.2, -0.15) is 0 Å². The summed E-state index contributed by atoms with van der Waals surface area (Å²) in [4.78, 5) is 0. The SMILES string of the molecule is C#CCNCc1cccc(OCBr)c1. The van der Waals surface area contributed by atoms with Gasteiger partial charge in [0.2, 0.25) is 0 Å². The predicted molar refractivity (Wildman–Crippen MR) is 61.4 cm³/mol. The van der Waals surface area contributed by atoms with Crippen LogP contribution >= 0.6 is 15.9 Å². The molecular weight excluding hydrogens is 242 g/mol. The van der Waals surface area contributed by atoms with Crippen LogP contribution in [0, 0.1) is 12.3 Å². The molecule has 0 aromatic heterocycles. The van der Waals surface area contributed by atoms with Crippen molar-refractivity contribution in [2.75, 3.05) is 12.1 Å². The molecule has 0 fully saturated rings. The molecule has 0 aliphatic carbocycles. The highest BCUT2D eigenvalue weighted by atomic mass is 79.9. The predicted octanol–water partition coefficient (Wildman–Crippen LogP) is 2.14. The number of rotatable bonds is 5. The van der Waals surface area contributed by atoms with E-state index >= 15 is 0 Å². The molecule has 1 aromatic carbocycles. The summed E-state index contributed by atoms with van der Waals surface area (Å²) in [5.41, 5.74) is 1.67. The van der Waals surface area contributed by atoms with Crippen molar-refractivity contribution in [1.29, 1.82) is 0 Å². The van der Waals surface area contributed by atoms with Crippen LogP contribution in [0.15, 0.2) is 24.3 Å². The Labute approximate surface area is 92.8 Å². The third-order valence-corrected chi connectivity index (χ3v) is 1.90. The summed E-state index contributed by atoms with van der Waals surface area (Å²) in [6, 6.07) is 7.91. The zero-order chi connectivity index (χ0) is 10.2. The lowest BCUT2D eigenvalue weighted by Gasteiger charge is -2.05. The number of alkyl halides is 1. The van der Waals surface area contributed by atoms with E-state index in [0.717, 1.165) is 12.3 Å². The first kappa shape index (κ1) is 11.1. The smallest absolute Gasteiger partial charge is 0.143 e. The minimum absolute atomic E-state index is 0.508. The number of benzene rings is 1. The highest BCUT2D eigenvalue weighted by Gasteiger charge is 1.95. The molecular formula is C11H12BrNO. The highest BCUT2D eigenvalue weighted by molar-refractivity contribution is 9.09. The average molecular weight is 254 g/mol. The fourth-order valence-corrected chi connectivity index (χ4v) is 1.35. The first-order chi connectivity index (χ1) is 6.86. The molecule has 0 aliphatic heterocycles. The Hall–Kier alpha value is -0.980. The third kappa shape index (κ3) is 3.82. The number of nitrogens with one attached hydrogen (secondary N) is 1. The second kappa shape index (κ2) is 6.47. The first-order valence-electron chi connectivity index (χ1n) is 4.28. The second-order valence-corrected chi connectivity index (χ2v) is 3.17. The molecule has 1 N–H and O–H groups in total. The summed E-state index contributed by atoms with van der Waals surface area (Å²) in [7, 11) is 0. The van der Waals surface area contributed by atoms with E-state index in [4.69, 9.17) is 11.2 Å². The van der Waals surface area contributed by atoms with E-state index in [9.17, 15) is 0 Å². The van der Waals surface area contributed by atoms with Crippen LogP contribution in [0.2, 0.25) is 0 Å².